The first kappa shape index (κ1) is 12.0. The predicted molar refractivity (Wildman–Crippen MR) is 67.8 cm³/mol. The second-order valence-electron chi connectivity index (χ2n) is 4.94. The van der Waals surface area contributed by atoms with Crippen LogP contribution in [0.5, 0.6) is 0 Å². The van der Waals surface area contributed by atoms with E-state index in [1.807, 2.05) is 18.2 Å². The number of carboxylic acids is 1. The third-order valence-corrected chi connectivity index (χ3v) is 3.75. The molecule has 1 aliphatic rings. The molecule has 2 rings (SSSR count). The number of nitrogens with two attached hydrogens (primary N) is 1. The van der Waals surface area contributed by atoms with E-state index in [4.69, 9.17) is 10.8 Å². The molecule has 0 radical (unpaired) electrons. The zero-order chi connectivity index (χ0) is 12.3. The van der Waals surface area contributed by atoms with Crippen LogP contribution in [0.4, 0.5) is 5.69 Å². The first-order valence-corrected chi connectivity index (χ1v) is 6.23. The summed E-state index contributed by atoms with van der Waals surface area (Å²) in [6.07, 6.45) is 4.45. The molecule has 1 aromatic carbocycles. The van der Waals surface area contributed by atoms with Gasteiger partial charge in [0.15, 0.2) is 0 Å². The van der Waals surface area contributed by atoms with Gasteiger partial charge in [0.1, 0.15) is 0 Å². The lowest BCUT2D eigenvalue weighted by Gasteiger charge is -2.28. The molecule has 0 bridgehead atoms. The molecular weight excluding hydrogens is 214 g/mol. The number of rotatable bonds is 3. The van der Waals surface area contributed by atoms with Crippen molar-refractivity contribution < 1.29 is 9.90 Å². The number of carboxylic acid groups (broad SMARTS) is 1. The third-order valence-electron chi connectivity index (χ3n) is 3.75. The number of anilines is 1. The summed E-state index contributed by atoms with van der Waals surface area (Å²) in [5.41, 5.74) is 8.08. The Balaban J connectivity index is 1.95. The number of hydrogen-bond acceptors (Lipinski definition) is 2. The minimum atomic E-state index is -0.673. The molecule has 0 spiro atoms. The summed E-state index contributed by atoms with van der Waals surface area (Å²) < 4.78 is 0. The number of para-hydroxylation sites is 1. The quantitative estimate of drug-likeness (QED) is 0.789. The molecule has 0 saturated heterocycles. The van der Waals surface area contributed by atoms with E-state index in [9.17, 15) is 4.79 Å². The minimum absolute atomic E-state index is 0.316. The normalized spacial score (nSPS) is 24.5. The van der Waals surface area contributed by atoms with Gasteiger partial charge in [-0.25, -0.2) is 0 Å². The van der Waals surface area contributed by atoms with Gasteiger partial charge in [-0.15, -0.1) is 0 Å². The minimum Gasteiger partial charge on any atom is -0.481 e. The van der Waals surface area contributed by atoms with Crippen molar-refractivity contribution in [2.24, 2.45) is 5.92 Å². The Morgan fingerprint density at radius 1 is 1.24 bits per heavy atom. The predicted octanol–water partition coefficient (Wildman–Crippen LogP) is 3.02. The van der Waals surface area contributed by atoms with Crippen LogP contribution in [0.15, 0.2) is 24.3 Å². The summed E-state index contributed by atoms with van der Waals surface area (Å²) in [5.74, 6) is 0.197. The summed E-state index contributed by atoms with van der Waals surface area (Å²) in [5, 5.41) is 8.77. The number of hydrogen-bond donors (Lipinski definition) is 2. The number of nitrogen functional groups attached to an aromatic ring is 1. The van der Waals surface area contributed by atoms with Gasteiger partial charge in [0, 0.05) is 12.1 Å². The van der Waals surface area contributed by atoms with Crippen LogP contribution >= 0.6 is 0 Å². The van der Waals surface area contributed by atoms with Gasteiger partial charge in [0.25, 0.3) is 0 Å². The third kappa shape index (κ3) is 2.99. The molecule has 0 atom stereocenters. The molecule has 17 heavy (non-hydrogen) atoms. The largest absolute Gasteiger partial charge is 0.481 e. The molecule has 1 aliphatic carbocycles. The van der Waals surface area contributed by atoms with Gasteiger partial charge in [0.05, 0.1) is 0 Å². The molecule has 0 unspecified atom stereocenters. The average Bonchev–Trinajstić information content (AvgIpc) is 2.30. The molecule has 1 aromatic rings. The van der Waals surface area contributed by atoms with Crippen molar-refractivity contribution in [3.63, 3.8) is 0 Å². The van der Waals surface area contributed by atoms with Gasteiger partial charge in [-0.2, -0.15) is 0 Å². The maximum atomic E-state index is 10.7. The van der Waals surface area contributed by atoms with Gasteiger partial charge < -0.3 is 10.8 Å². The second-order valence-corrected chi connectivity index (χ2v) is 4.94. The van der Waals surface area contributed by atoms with Crippen molar-refractivity contribution in [2.75, 3.05) is 5.73 Å². The Hall–Kier alpha value is -1.51. The lowest BCUT2D eigenvalue weighted by atomic mass is 9.77. The van der Waals surface area contributed by atoms with Gasteiger partial charge in [-0.3, -0.25) is 4.79 Å². The van der Waals surface area contributed by atoms with E-state index in [0.717, 1.165) is 31.4 Å². The van der Waals surface area contributed by atoms with Crippen LogP contribution in [0, 0.1) is 5.92 Å². The zero-order valence-electron chi connectivity index (χ0n) is 9.93. The highest BCUT2D eigenvalue weighted by atomic mass is 16.4. The zero-order valence-corrected chi connectivity index (χ0v) is 9.93. The summed E-state index contributed by atoms with van der Waals surface area (Å²) in [6, 6.07) is 8.01. The molecule has 1 saturated carbocycles. The standard InChI is InChI=1S/C14H19NO2/c15-13-4-2-1-3-12(13)11-7-5-10(6-8-11)9-14(16)17/h1-4,10-11H,5-9,15H2,(H,16,17). The molecule has 0 aliphatic heterocycles. The van der Waals surface area contributed by atoms with Crippen molar-refractivity contribution in [3.05, 3.63) is 29.8 Å². The van der Waals surface area contributed by atoms with Gasteiger partial charge in [-0.05, 0) is 49.1 Å². The van der Waals surface area contributed by atoms with Crippen LogP contribution in [0.25, 0.3) is 0 Å². The number of carbonyl (C=O) groups is 1. The van der Waals surface area contributed by atoms with E-state index in [1.54, 1.807) is 0 Å². The molecule has 3 N–H and O–H groups in total. The number of benzene rings is 1. The maximum absolute atomic E-state index is 10.7. The molecule has 92 valence electrons. The van der Waals surface area contributed by atoms with Crippen molar-refractivity contribution in [2.45, 2.75) is 38.0 Å². The Morgan fingerprint density at radius 3 is 2.47 bits per heavy atom. The van der Waals surface area contributed by atoms with E-state index in [0.29, 0.717) is 18.3 Å². The fourth-order valence-corrected chi connectivity index (χ4v) is 2.81. The molecule has 0 aromatic heterocycles. The molecule has 3 nitrogen and oxygen atoms in total. The lowest BCUT2D eigenvalue weighted by Crippen LogP contribution is -2.17. The molecule has 1 fully saturated rings. The second kappa shape index (κ2) is 5.21. The SMILES string of the molecule is Nc1ccccc1C1CCC(CC(=O)O)CC1. The van der Waals surface area contributed by atoms with E-state index in [2.05, 4.69) is 6.07 Å². The molecular formula is C14H19NO2. The summed E-state index contributed by atoms with van der Waals surface area (Å²) in [6.45, 7) is 0. The van der Waals surface area contributed by atoms with E-state index in [1.165, 1.54) is 5.56 Å². The Kier molecular flexibility index (Phi) is 3.67. The lowest BCUT2D eigenvalue weighted by molar-refractivity contribution is -0.138. The van der Waals surface area contributed by atoms with Crippen LogP contribution in [-0.4, -0.2) is 11.1 Å². The molecule has 3 heteroatoms. The highest BCUT2D eigenvalue weighted by molar-refractivity contribution is 5.67. The number of aliphatic carboxylic acids is 1. The summed E-state index contributed by atoms with van der Waals surface area (Å²) in [4.78, 5) is 10.7. The van der Waals surface area contributed by atoms with Crippen LogP contribution in [-0.2, 0) is 4.79 Å². The highest BCUT2D eigenvalue weighted by Crippen LogP contribution is 2.38. The summed E-state index contributed by atoms with van der Waals surface area (Å²) in [7, 11) is 0. The van der Waals surface area contributed by atoms with Crippen molar-refractivity contribution >= 4 is 11.7 Å². The van der Waals surface area contributed by atoms with Crippen LogP contribution in [0.2, 0.25) is 0 Å². The van der Waals surface area contributed by atoms with E-state index in [-0.39, 0.29) is 0 Å². The summed E-state index contributed by atoms with van der Waals surface area (Å²) >= 11 is 0. The fraction of sp³-hybridized carbons (Fsp3) is 0.500. The monoisotopic (exact) mass is 233 g/mol. The Morgan fingerprint density at radius 2 is 1.88 bits per heavy atom. The molecule has 0 heterocycles. The van der Waals surface area contributed by atoms with Crippen molar-refractivity contribution in [1.29, 1.82) is 0 Å². The van der Waals surface area contributed by atoms with Crippen LogP contribution < -0.4 is 5.73 Å². The van der Waals surface area contributed by atoms with Crippen molar-refractivity contribution in [3.8, 4) is 0 Å². The average molecular weight is 233 g/mol. The van der Waals surface area contributed by atoms with Crippen LogP contribution in [0.1, 0.15) is 43.6 Å². The highest BCUT2D eigenvalue weighted by Gasteiger charge is 2.24. The van der Waals surface area contributed by atoms with Gasteiger partial charge in [0.2, 0.25) is 0 Å². The van der Waals surface area contributed by atoms with Gasteiger partial charge >= 0.3 is 5.97 Å². The van der Waals surface area contributed by atoms with E-state index >= 15 is 0 Å². The Labute approximate surface area is 102 Å². The first-order chi connectivity index (χ1) is 8.16. The molecule has 0 amide bonds. The smallest absolute Gasteiger partial charge is 0.303 e. The van der Waals surface area contributed by atoms with Crippen molar-refractivity contribution in [1.82, 2.24) is 0 Å². The fourth-order valence-electron chi connectivity index (χ4n) is 2.81. The topological polar surface area (TPSA) is 63.3 Å². The Bertz CT molecular complexity index is 395. The maximum Gasteiger partial charge on any atom is 0.303 e. The first-order valence-electron chi connectivity index (χ1n) is 6.23. The van der Waals surface area contributed by atoms with Crippen LogP contribution in [0.3, 0.4) is 0 Å². The van der Waals surface area contributed by atoms with Gasteiger partial charge in [-0.1, -0.05) is 18.2 Å². The van der Waals surface area contributed by atoms with E-state index < -0.39 is 5.97 Å².